The van der Waals surface area contributed by atoms with Crippen molar-refractivity contribution >= 4 is 22.5 Å². The molecule has 0 bridgehead atoms. The van der Waals surface area contributed by atoms with Gasteiger partial charge in [-0.25, -0.2) is 4.79 Å². The summed E-state index contributed by atoms with van der Waals surface area (Å²) in [5, 5.41) is 12.2. The van der Waals surface area contributed by atoms with E-state index in [0.717, 1.165) is 44.0 Å². The van der Waals surface area contributed by atoms with Crippen LogP contribution in [-0.4, -0.2) is 70.5 Å². The number of rotatable bonds is 3. The highest BCUT2D eigenvalue weighted by Gasteiger charge is 2.32. The Labute approximate surface area is 141 Å². The lowest BCUT2D eigenvalue weighted by Crippen LogP contribution is -2.51. The number of nitrogens with zero attached hydrogens (tertiary/aromatic N) is 4. The molecule has 2 fully saturated rings. The average Bonchev–Trinajstić information content (AvgIpc) is 3.07. The molecule has 2 amide bonds. The van der Waals surface area contributed by atoms with Crippen molar-refractivity contribution in [3.8, 4) is 0 Å². The molecule has 2 aliphatic rings. The van der Waals surface area contributed by atoms with Crippen LogP contribution in [0.1, 0.15) is 31.7 Å². The van der Waals surface area contributed by atoms with Crippen LogP contribution in [0.4, 0.5) is 9.93 Å². The third kappa shape index (κ3) is 4.19. The maximum atomic E-state index is 12.5. The van der Waals surface area contributed by atoms with Crippen molar-refractivity contribution in [2.75, 3.05) is 31.5 Å². The third-order valence-corrected chi connectivity index (χ3v) is 5.10. The van der Waals surface area contributed by atoms with Crippen molar-refractivity contribution in [3.05, 3.63) is 5.01 Å². The molecule has 23 heavy (non-hydrogen) atoms. The van der Waals surface area contributed by atoms with E-state index in [1.54, 1.807) is 0 Å². The summed E-state index contributed by atoms with van der Waals surface area (Å²) in [6.45, 7) is 9.70. The molecule has 0 spiro atoms. The molecule has 0 radical (unpaired) electrons. The van der Waals surface area contributed by atoms with Gasteiger partial charge in [0.05, 0.1) is 12.2 Å². The number of hydrogen-bond acceptors (Lipinski definition) is 6. The minimum absolute atomic E-state index is 0.0574. The molecule has 1 aromatic heterocycles. The van der Waals surface area contributed by atoms with Crippen LogP contribution in [0, 0.1) is 6.92 Å². The number of urea groups is 1. The van der Waals surface area contributed by atoms with Gasteiger partial charge in [0.1, 0.15) is 5.01 Å². The van der Waals surface area contributed by atoms with E-state index in [1.807, 2.05) is 11.8 Å². The first-order valence-electron chi connectivity index (χ1n) is 8.27. The highest BCUT2D eigenvalue weighted by atomic mass is 32.1. The molecule has 3 atom stereocenters. The van der Waals surface area contributed by atoms with E-state index in [0.29, 0.717) is 5.13 Å². The standard InChI is InChI=1S/C15H25N5O2S/c1-10-7-19(8-11(2)22-10)9-13-5-4-6-20(13)15(21)16-14-18-17-12(3)23-14/h10-11,13H,4-9H2,1-3H3,(H,16,18,21)/t10-,11+,13-/m1/s1. The topological polar surface area (TPSA) is 70.6 Å². The number of amides is 2. The monoisotopic (exact) mass is 339 g/mol. The summed E-state index contributed by atoms with van der Waals surface area (Å²) < 4.78 is 5.79. The Bertz CT molecular complexity index is 542. The van der Waals surface area contributed by atoms with Gasteiger partial charge in [0.15, 0.2) is 0 Å². The molecule has 1 aromatic rings. The molecule has 128 valence electrons. The van der Waals surface area contributed by atoms with Gasteiger partial charge in [0.25, 0.3) is 0 Å². The largest absolute Gasteiger partial charge is 0.373 e. The van der Waals surface area contributed by atoms with E-state index >= 15 is 0 Å². The highest BCUT2D eigenvalue weighted by molar-refractivity contribution is 7.15. The maximum Gasteiger partial charge on any atom is 0.323 e. The van der Waals surface area contributed by atoms with Crippen molar-refractivity contribution in [2.45, 2.75) is 51.9 Å². The van der Waals surface area contributed by atoms with Gasteiger partial charge in [-0.05, 0) is 33.6 Å². The first kappa shape index (κ1) is 16.6. The predicted molar refractivity (Wildman–Crippen MR) is 89.8 cm³/mol. The van der Waals surface area contributed by atoms with E-state index in [9.17, 15) is 4.79 Å². The lowest BCUT2D eigenvalue weighted by atomic mass is 10.1. The van der Waals surface area contributed by atoms with Crippen LogP contribution in [0.25, 0.3) is 0 Å². The van der Waals surface area contributed by atoms with Crippen molar-refractivity contribution in [2.24, 2.45) is 0 Å². The van der Waals surface area contributed by atoms with Crippen LogP contribution in [0.3, 0.4) is 0 Å². The summed E-state index contributed by atoms with van der Waals surface area (Å²) in [5.41, 5.74) is 0. The summed E-state index contributed by atoms with van der Waals surface area (Å²) in [6, 6.07) is 0.208. The summed E-state index contributed by atoms with van der Waals surface area (Å²) >= 11 is 1.40. The molecule has 7 nitrogen and oxygen atoms in total. The maximum absolute atomic E-state index is 12.5. The Balaban J connectivity index is 1.57. The van der Waals surface area contributed by atoms with E-state index in [1.165, 1.54) is 11.3 Å². The molecule has 3 rings (SSSR count). The Morgan fingerprint density at radius 2 is 2.09 bits per heavy atom. The summed E-state index contributed by atoms with van der Waals surface area (Å²) in [4.78, 5) is 16.9. The quantitative estimate of drug-likeness (QED) is 0.911. The lowest BCUT2D eigenvalue weighted by Gasteiger charge is -2.38. The van der Waals surface area contributed by atoms with Gasteiger partial charge in [-0.2, -0.15) is 0 Å². The zero-order chi connectivity index (χ0) is 16.4. The Hall–Kier alpha value is -1.25. The molecular weight excluding hydrogens is 314 g/mol. The van der Waals surface area contributed by atoms with Crippen LogP contribution in [0.2, 0.25) is 0 Å². The number of anilines is 1. The second-order valence-corrected chi connectivity index (χ2v) is 7.70. The van der Waals surface area contributed by atoms with Crippen molar-refractivity contribution < 1.29 is 9.53 Å². The Morgan fingerprint density at radius 1 is 1.35 bits per heavy atom. The Kier molecular flexibility index (Phi) is 5.13. The summed E-state index contributed by atoms with van der Waals surface area (Å²) in [5.74, 6) is 0. The van der Waals surface area contributed by atoms with Crippen LogP contribution >= 0.6 is 11.3 Å². The zero-order valence-corrected chi connectivity index (χ0v) is 14.8. The number of aryl methyl sites for hydroxylation is 1. The summed E-state index contributed by atoms with van der Waals surface area (Å²) in [7, 11) is 0. The molecule has 2 saturated heterocycles. The SMILES string of the molecule is Cc1nnc(NC(=O)N2CCC[C@@H]2CN2C[C@@H](C)O[C@@H](C)C2)s1. The number of aromatic nitrogens is 2. The fraction of sp³-hybridized carbons (Fsp3) is 0.800. The smallest absolute Gasteiger partial charge is 0.323 e. The Morgan fingerprint density at radius 3 is 2.74 bits per heavy atom. The number of nitrogens with one attached hydrogen (secondary N) is 1. The number of carbonyl (C=O) groups excluding carboxylic acids is 1. The molecule has 2 aliphatic heterocycles. The fourth-order valence-corrected chi connectivity index (χ4v) is 4.12. The fourth-order valence-electron chi connectivity index (χ4n) is 3.53. The number of likely N-dealkylation sites (tertiary alicyclic amines) is 1. The van der Waals surface area contributed by atoms with Crippen LogP contribution in [0.5, 0.6) is 0 Å². The van der Waals surface area contributed by atoms with Gasteiger partial charge < -0.3 is 9.64 Å². The second kappa shape index (κ2) is 7.11. The minimum atomic E-state index is -0.0574. The van der Waals surface area contributed by atoms with Crippen LogP contribution in [-0.2, 0) is 4.74 Å². The normalized spacial score (nSPS) is 29.0. The molecule has 0 saturated carbocycles. The summed E-state index contributed by atoms with van der Waals surface area (Å²) in [6.07, 6.45) is 2.63. The predicted octanol–water partition coefficient (Wildman–Crippen LogP) is 1.95. The number of morpholine rings is 1. The molecule has 0 unspecified atom stereocenters. The first-order chi connectivity index (χ1) is 11.0. The van der Waals surface area contributed by atoms with Crippen molar-refractivity contribution in [3.63, 3.8) is 0 Å². The zero-order valence-electron chi connectivity index (χ0n) is 14.0. The van der Waals surface area contributed by atoms with Gasteiger partial charge in [-0.15, -0.1) is 10.2 Å². The third-order valence-electron chi connectivity index (χ3n) is 4.34. The van der Waals surface area contributed by atoms with Crippen molar-refractivity contribution in [1.29, 1.82) is 0 Å². The first-order valence-corrected chi connectivity index (χ1v) is 9.08. The molecular formula is C15H25N5O2S. The number of ether oxygens (including phenoxy) is 1. The molecule has 8 heteroatoms. The molecule has 0 aromatic carbocycles. The van der Waals surface area contributed by atoms with E-state index in [2.05, 4.69) is 34.3 Å². The lowest BCUT2D eigenvalue weighted by molar-refractivity contribution is -0.0712. The van der Waals surface area contributed by atoms with Crippen LogP contribution < -0.4 is 5.32 Å². The molecule has 3 heterocycles. The van der Waals surface area contributed by atoms with Gasteiger partial charge in [-0.1, -0.05) is 11.3 Å². The second-order valence-electron chi connectivity index (χ2n) is 6.52. The highest BCUT2D eigenvalue weighted by Crippen LogP contribution is 2.22. The van der Waals surface area contributed by atoms with Crippen molar-refractivity contribution in [1.82, 2.24) is 20.0 Å². The van der Waals surface area contributed by atoms with Gasteiger partial charge in [0, 0.05) is 32.2 Å². The van der Waals surface area contributed by atoms with E-state index < -0.39 is 0 Å². The van der Waals surface area contributed by atoms with E-state index in [-0.39, 0.29) is 24.3 Å². The minimum Gasteiger partial charge on any atom is -0.373 e. The van der Waals surface area contributed by atoms with Crippen LogP contribution in [0.15, 0.2) is 0 Å². The average molecular weight is 339 g/mol. The van der Waals surface area contributed by atoms with Gasteiger partial charge in [-0.3, -0.25) is 10.2 Å². The number of carbonyl (C=O) groups is 1. The number of hydrogen-bond donors (Lipinski definition) is 1. The van der Waals surface area contributed by atoms with Gasteiger partial charge >= 0.3 is 6.03 Å². The van der Waals surface area contributed by atoms with E-state index in [4.69, 9.17) is 4.74 Å². The van der Waals surface area contributed by atoms with Gasteiger partial charge in [0.2, 0.25) is 5.13 Å². The molecule has 1 N–H and O–H groups in total. The molecule has 0 aliphatic carbocycles.